The SMILES string of the molecule is C.COC(=O)/C=C\NC(=O)Cc1ccc2ncc(Cl)cc2c1.COC(=O)c1cnc(Cc2ccc3ncc(Cl)cc3c2)o1. The van der Waals surface area contributed by atoms with Gasteiger partial charge < -0.3 is 19.2 Å². The molecule has 5 aromatic rings. The number of oxazole rings is 1. The second-order valence-electron chi connectivity index (χ2n) is 8.75. The molecular formula is C31H28Cl2N4O6. The van der Waals surface area contributed by atoms with Crippen molar-refractivity contribution in [2.24, 2.45) is 0 Å². The predicted molar refractivity (Wildman–Crippen MR) is 164 cm³/mol. The number of rotatable bonds is 7. The van der Waals surface area contributed by atoms with E-state index in [-0.39, 0.29) is 25.5 Å². The maximum absolute atomic E-state index is 11.7. The molecular weight excluding hydrogens is 595 g/mol. The van der Waals surface area contributed by atoms with E-state index in [2.05, 4.69) is 29.7 Å². The lowest BCUT2D eigenvalue weighted by atomic mass is 10.1. The van der Waals surface area contributed by atoms with Gasteiger partial charge in [-0.05, 0) is 47.5 Å². The average Bonchev–Trinajstić information content (AvgIpc) is 3.45. The van der Waals surface area contributed by atoms with Gasteiger partial charge in [0.05, 0.1) is 47.9 Å². The number of hydrogen-bond acceptors (Lipinski definition) is 9. The predicted octanol–water partition coefficient (Wildman–Crippen LogP) is 6.12. The third-order valence-electron chi connectivity index (χ3n) is 5.75. The lowest BCUT2D eigenvalue weighted by Crippen LogP contribution is -2.19. The Bertz CT molecular complexity index is 1790. The summed E-state index contributed by atoms with van der Waals surface area (Å²) in [5, 5.41) is 5.44. The molecule has 3 heterocycles. The van der Waals surface area contributed by atoms with Crippen LogP contribution in [0.2, 0.25) is 10.0 Å². The Morgan fingerprint density at radius 2 is 1.44 bits per heavy atom. The average molecular weight is 623 g/mol. The van der Waals surface area contributed by atoms with Crippen LogP contribution in [0.25, 0.3) is 21.8 Å². The van der Waals surface area contributed by atoms with E-state index in [0.717, 1.165) is 39.0 Å². The number of ether oxygens (including phenoxy) is 2. The van der Waals surface area contributed by atoms with Crippen LogP contribution in [0.1, 0.15) is 35.0 Å². The number of fused-ring (bicyclic) bond motifs is 2. The minimum Gasteiger partial charge on any atom is -0.466 e. The lowest BCUT2D eigenvalue weighted by Gasteiger charge is -2.03. The monoisotopic (exact) mass is 622 g/mol. The molecule has 1 N–H and O–H groups in total. The van der Waals surface area contributed by atoms with Gasteiger partial charge in [0.25, 0.3) is 0 Å². The number of carbonyl (C=O) groups is 3. The van der Waals surface area contributed by atoms with E-state index < -0.39 is 11.9 Å². The zero-order valence-corrected chi connectivity index (χ0v) is 24.0. The van der Waals surface area contributed by atoms with Crippen LogP contribution in [0.4, 0.5) is 0 Å². The molecule has 0 bridgehead atoms. The highest BCUT2D eigenvalue weighted by molar-refractivity contribution is 6.31. The van der Waals surface area contributed by atoms with Crippen molar-refractivity contribution in [3.05, 3.63) is 112 Å². The summed E-state index contributed by atoms with van der Waals surface area (Å²) >= 11 is 11.8. The molecule has 222 valence electrons. The van der Waals surface area contributed by atoms with Crippen molar-refractivity contribution in [2.75, 3.05) is 14.2 Å². The fourth-order valence-electron chi connectivity index (χ4n) is 3.80. The molecule has 0 atom stereocenters. The van der Waals surface area contributed by atoms with E-state index in [4.69, 9.17) is 27.6 Å². The van der Waals surface area contributed by atoms with E-state index in [1.165, 1.54) is 26.6 Å². The molecule has 10 nitrogen and oxygen atoms in total. The Hall–Kier alpha value is -4.80. The standard InChI is InChI=1S/C15H11ClN2O3.C15H13ClN2O3.CH4/c1-20-15(19)13-8-18-14(21-13)5-9-2-3-12-10(4-9)6-11(16)7-17-12;1-21-15(20)4-5-17-14(19)7-10-2-3-13-11(6-10)8-12(16)9-18-13;/h2-4,6-8H,5H2,1H3;2-6,8-9H,7H2,1H3,(H,17,19);1H4/b;5-4-;. The van der Waals surface area contributed by atoms with Crippen LogP contribution in [-0.4, -0.2) is 47.0 Å². The highest BCUT2D eigenvalue weighted by Crippen LogP contribution is 2.21. The Morgan fingerprint density at radius 1 is 0.837 bits per heavy atom. The molecule has 0 saturated carbocycles. The number of hydrogen-bond donors (Lipinski definition) is 1. The van der Waals surface area contributed by atoms with E-state index in [0.29, 0.717) is 22.4 Å². The van der Waals surface area contributed by atoms with Gasteiger partial charge in [-0.1, -0.05) is 42.8 Å². The molecule has 0 radical (unpaired) electrons. The van der Waals surface area contributed by atoms with E-state index >= 15 is 0 Å². The normalized spacial score (nSPS) is 10.5. The summed E-state index contributed by atoms with van der Waals surface area (Å²) in [5.74, 6) is -0.753. The molecule has 0 aliphatic rings. The highest BCUT2D eigenvalue weighted by atomic mass is 35.5. The molecule has 0 fully saturated rings. The molecule has 0 spiro atoms. The summed E-state index contributed by atoms with van der Waals surface area (Å²) in [6.07, 6.45) is 7.61. The van der Waals surface area contributed by atoms with Gasteiger partial charge in [-0.15, -0.1) is 0 Å². The number of halogens is 2. The second-order valence-corrected chi connectivity index (χ2v) is 9.62. The first-order chi connectivity index (χ1) is 20.2. The number of pyridine rings is 2. The molecule has 3 aromatic heterocycles. The smallest absolute Gasteiger partial charge is 0.375 e. The van der Waals surface area contributed by atoms with Crippen molar-refractivity contribution in [1.82, 2.24) is 20.3 Å². The van der Waals surface area contributed by atoms with E-state index in [1.54, 1.807) is 18.5 Å². The van der Waals surface area contributed by atoms with Gasteiger partial charge in [0.1, 0.15) is 0 Å². The molecule has 0 unspecified atom stereocenters. The number of nitrogens with one attached hydrogen (secondary N) is 1. The number of benzene rings is 2. The first kappa shape index (κ1) is 32.7. The lowest BCUT2D eigenvalue weighted by molar-refractivity contribution is -0.134. The molecule has 43 heavy (non-hydrogen) atoms. The Balaban J connectivity index is 0.000000230. The zero-order chi connectivity index (χ0) is 30.1. The molecule has 0 saturated heterocycles. The Labute approximate surface area is 257 Å². The van der Waals surface area contributed by atoms with Crippen LogP contribution >= 0.6 is 23.2 Å². The number of methoxy groups -OCH3 is 2. The Kier molecular flexibility index (Phi) is 11.7. The van der Waals surface area contributed by atoms with Gasteiger partial charge in [-0.2, -0.15) is 0 Å². The van der Waals surface area contributed by atoms with Crippen molar-refractivity contribution in [2.45, 2.75) is 20.3 Å². The number of nitrogens with zero attached hydrogens (tertiary/aromatic N) is 3. The maximum Gasteiger partial charge on any atom is 0.375 e. The van der Waals surface area contributed by atoms with Gasteiger partial charge in [0.15, 0.2) is 5.89 Å². The quantitative estimate of drug-likeness (QED) is 0.168. The van der Waals surface area contributed by atoms with Crippen molar-refractivity contribution < 1.29 is 28.3 Å². The maximum atomic E-state index is 11.7. The summed E-state index contributed by atoms with van der Waals surface area (Å²) < 4.78 is 14.3. The van der Waals surface area contributed by atoms with Crippen molar-refractivity contribution >= 4 is 62.9 Å². The first-order valence-electron chi connectivity index (χ1n) is 12.4. The topological polar surface area (TPSA) is 134 Å². The van der Waals surface area contributed by atoms with Crippen molar-refractivity contribution in [3.63, 3.8) is 0 Å². The van der Waals surface area contributed by atoms with Gasteiger partial charge in [-0.25, -0.2) is 14.6 Å². The second kappa shape index (κ2) is 15.4. The number of carbonyl (C=O) groups excluding carboxylic acids is 3. The van der Waals surface area contributed by atoms with Crippen LogP contribution in [0, 0.1) is 0 Å². The summed E-state index contributed by atoms with van der Waals surface area (Å²) in [4.78, 5) is 46.4. The number of aromatic nitrogens is 3. The van der Waals surface area contributed by atoms with Gasteiger partial charge in [-0.3, -0.25) is 14.8 Å². The van der Waals surface area contributed by atoms with E-state index in [1.807, 2.05) is 42.5 Å². The summed E-state index contributed by atoms with van der Waals surface area (Å²) in [7, 11) is 2.56. The van der Waals surface area contributed by atoms with Gasteiger partial charge >= 0.3 is 11.9 Å². The van der Waals surface area contributed by atoms with Gasteiger partial charge in [0, 0.05) is 41.9 Å². The minimum atomic E-state index is -0.539. The van der Waals surface area contributed by atoms with Crippen molar-refractivity contribution in [1.29, 1.82) is 0 Å². The van der Waals surface area contributed by atoms with Crippen LogP contribution < -0.4 is 5.32 Å². The largest absolute Gasteiger partial charge is 0.466 e. The minimum absolute atomic E-state index is 0. The third-order valence-corrected chi connectivity index (χ3v) is 6.16. The van der Waals surface area contributed by atoms with Crippen LogP contribution in [0.3, 0.4) is 0 Å². The molecule has 0 aliphatic heterocycles. The summed E-state index contributed by atoms with van der Waals surface area (Å²) in [6.45, 7) is 0. The zero-order valence-electron chi connectivity index (χ0n) is 22.5. The molecule has 12 heteroatoms. The molecule has 0 aliphatic carbocycles. The van der Waals surface area contributed by atoms with Crippen LogP contribution in [-0.2, 0) is 31.9 Å². The fourth-order valence-corrected chi connectivity index (χ4v) is 4.13. The van der Waals surface area contributed by atoms with Crippen molar-refractivity contribution in [3.8, 4) is 0 Å². The molecule has 5 rings (SSSR count). The molecule has 2 aromatic carbocycles. The summed E-state index contributed by atoms with van der Waals surface area (Å²) in [6, 6.07) is 15.0. The summed E-state index contributed by atoms with van der Waals surface area (Å²) in [5.41, 5.74) is 3.50. The number of amides is 1. The highest BCUT2D eigenvalue weighted by Gasteiger charge is 2.13. The Morgan fingerprint density at radius 3 is 2.05 bits per heavy atom. The van der Waals surface area contributed by atoms with E-state index in [9.17, 15) is 14.4 Å². The molecule has 1 amide bonds. The van der Waals surface area contributed by atoms with Crippen LogP contribution in [0.15, 0.2) is 83.8 Å². The third kappa shape index (κ3) is 9.35. The fraction of sp³-hybridized carbons (Fsp3) is 0.161. The first-order valence-corrected chi connectivity index (χ1v) is 13.1. The van der Waals surface area contributed by atoms with Crippen LogP contribution in [0.5, 0.6) is 0 Å². The van der Waals surface area contributed by atoms with Gasteiger partial charge in [0.2, 0.25) is 11.7 Å². The number of esters is 2.